The first kappa shape index (κ1) is 11.8. The van der Waals surface area contributed by atoms with Gasteiger partial charge in [0, 0.05) is 4.47 Å². The zero-order valence-electron chi connectivity index (χ0n) is 9.71. The fraction of sp³-hybridized carbons (Fsp3) is 0. The highest BCUT2D eigenvalue weighted by molar-refractivity contribution is 9.10. The molecule has 0 spiro atoms. The van der Waals surface area contributed by atoms with Crippen LogP contribution in [0.25, 0.3) is 11.2 Å². The molecule has 0 unspecified atom stereocenters. The Labute approximate surface area is 117 Å². The van der Waals surface area contributed by atoms with Gasteiger partial charge in [-0.25, -0.2) is 15.0 Å². The molecule has 94 valence electrons. The van der Waals surface area contributed by atoms with Crippen LogP contribution >= 0.6 is 15.9 Å². The van der Waals surface area contributed by atoms with Gasteiger partial charge in [-0.15, -0.1) is 0 Å². The standard InChI is InChI=1S/C12H9BrN6/c13-9-3-1-2-8(4-9)5-18-19-12-10-11(15-6-14-10)16-7-17-12/h1-7H,(H2,14,15,16,17,19)/b18-5-. The number of aromatic amines is 1. The lowest BCUT2D eigenvalue weighted by atomic mass is 10.2. The molecule has 0 bridgehead atoms. The number of aromatic nitrogens is 4. The van der Waals surface area contributed by atoms with E-state index in [1.54, 1.807) is 12.5 Å². The number of hydrazone groups is 1. The third kappa shape index (κ3) is 2.60. The molecule has 2 aromatic heterocycles. The number of fused-ring (bicyclic) bond motifs is 1. The molecular weight excluding hydrogens is 308 g/mol. The van der Waals surface area contributed by atoms with E-state index >= 15 is 0 Å². The summed E-state index contributed by atoms with van der Waals surface area (Å²) in [6.45, 7) is 0. The number of rotatable bonds is 3. The van der Waals surface area contributed by atoms with E-state index in [1.165, 1.54) is 6.33 Å². The average molecular weight is 317 g/mol. The van der Waals surface area contributed by atoms with Gasteiger partial charge in [0.2, 0.25) is 0 Å². The molecule has 6 nitrogen and oxygen atoms in total. The van der Waals surface area contributed by atoms with Crippen molar-refractivity contribution in [3.05, 3.63) is 47.0 Å². The number of hydrogen-bond acceptors (Lipinski definition) is 5. The third-order valence-corrected chi connectivity index (χ3v) is 2.95. The minimum Gasteiger partial charge on any atom is -0.340 e. The maximum absolute atomic E-state index is 4.15. The Bertz CT molecular complexity index is 736. The molecule has 0 aliphatic carbocycles. The van der Waals surface area contributed by atoms with E-state index < -0.39 is 0 Å². The van der Waals surface area contributed by atoms with Gasteiger partial charge in [-0.3, -0.25) is 5.43 Å². The monoisotopic (exact) mass is 316 g/mol. The zero-order chi connectivity index (χ0) is 13.1. The first-order valence-corrected chi connectivity index (χ1v) is 6.31. The molecule has 0 aliphatic rings. The number of nitrogens with one attached hydrogen (secondary N) is 2. The Morgan fingerprint density at radius 3 is 3.11 bits per heavy atom. The molecule has 2 heterocycles. The van der Waals surface area contributed by atoms with Gasteiger partial charge in [-0.05, 0) is 17.7 Å². The predicted molar refractivity (Wildman–Crippen MR) is 77.0 cm³/mol. The first-order chi connectivity index (χ1) is 9.33. The number of nitrogens with zero attached hydrogens (tertiary/aromatic N) is 4. The largest absolute Gasteiger partial charge is 0.340 e. The van der Waals surface area contributed by atoms with Crippen LogP contribution in [0.3, 0.4) is 0 Å². The Balaban J connectivity index is 1.81. The number of hydrogen-bond donors (Lipinski definition) is 2. The molecule has 3 aromatic rings. The van der Waals surface area contributed by atoms with Crippen molar-refractivity contribution in [2.45, 2.75) is 0 Å². The van der Waals surface area contributed by atoms with Crippen LogP contribution in [0.15, 0.2) is 46.5 Å². The van der Waals surface area contributed by atoms with Crippen molar-refractivity contribution in [2.24, 2.45) is 5.10 Å². The van der Waals surface area contributed by atoms with Crippen LogP contribution in [0, 0.1) is 0 Å². The highest BCUT2D eigenvalue weighted by Gasteiger charge is 2.03. The summed E-state index contributed by atoms with van der Waals surface area (Å²) in [6, 6.07) is 7.84. The summed E-state index contributed by atoms with van der Waals surface area (Å²) in [5, 5.41) is 4.15. The summed E-state index contributed by atoms with van der Waals surface area (Å²) in [7, 11) is 0. The smallest absolute Gasteiger partial charge is 0.182 e. The molecule has 3 rings (SSSR count). The van der Waals surface area contributed by atoms with Gasteiger partial charge in [0.15, 0.2) is 11.5 Å². The van der Waals surface area contributed by atoms with E-state index in [0.29, 0.717) is 11.5 Å². The number of benzene rings is 1. The molecule has 0 aliphatic heterocycles. The van der Waals surface area contributed by atoms with E-state index in [9.17, 15) is 0 Å². The topological polar surface area (TPSA) is 78.8 Å². The van der Waals surface area contributed by atoms with Crippen LogP contribution in [0.4, 0.5) is 5.82 Å². The normalized spacial score (nSPS) is 11.2. The number of imidazole rings is 1. The highest BCUT2D eigenvalue weighted by Crippen LogP contribution is 2.14. The first-order valence-electron chi connectivity index (χ1n) is 5.51. The predicted octanol–water partition coefficient (Wildman–Crippen LogP) is 2.56. The molecule has 0 atom stereocenters. The van der Waals surface area contributed by atoms with Crippen molar-refractivity contribution in [1.29, 1.82) is 0 Å². The Kier molecular flexibility index (Phi) is 3.20. The lowest BCUT2D eigenvalue weighted by molar-refractivity contribution is 1.17. The van der Waals surface area contributed by atoms with Crippen LogP contribution < -0.4 is 5.43 Å². The summed E-state index contributed by atoms with van der Waals surface area (Å²) in [6.07, 6.45) is 4.73. The van der Waals surface area contributed by atoms with E-state index in [-0.39, 0.29) is 0 Å². The molecule has 19 heavy (non-hydrogen) atoms. The summed E-state index contributed by atoms with van der Waals surface area (Å²) in [5.74, 6) is 0.591. The van der Waals surface area contributed by atoms with Crippen LogP contribution in [0.1, 0.15) is 5.56 Å². The number of halogens is 1. The third-order valence-electron chi connectivity index (χ3n) is 2.46. The molecule has 2 N–H and O–H groups in total. The van der Waals surface area contributed by atoms with E-state index in [2.05, 4.69) is 46.4 Å². The van der Waals surface area contributed by atoms with Gasteiger partial charge >= 0.3 is 0 Å². The van der Waals surface area contributed by atoms with E-state index in [4.69, 9.17) is 0 Å². The lowest BCUT2D eigenvalue weighted by Crippen LogP contribution is -1.95. The number of anilines is 1. The van der Waals surface area contributed by atoms with Gasteiger partial charge < -0.3 is 4.98 Å². The maximum Gasteiger partial charge on any atom is 0.182 e. The molecule has 0 saturated heterocycles. The molecule has 0 fully saturated rings. The fourth-order valence-corrected chi connectivity index (χ4v) is 2.02. The van der Waals surface area contributed by atoms with Crippen LogP contribution in [0.2, 0.25) is 0 Å². The second-order valence-corrected chi connectivity index (χ2v) is 4.66. The second-order valence-electron chi connectivity index (χ2n) is 3.75. The Morgan fingerprint density at radius 2 is 2.21 bits per heavy atom. The molecule has 0 amide bonds. The molecule has 1 aromatic carbocycles. The van der Waals surface area contributed by atoms with Gasteiger partial charge in [-0.1, -0.05) is 28.1 Å². The minimum atomic E-state index is 0.591. The van der Waals surface area contributed by atoms with E-state index in [0.717, 1.165) is 15.6 Å². The van der Waals surface area contributed by atoms with Gasteiger partial charge in [0.25, 0.3) is 0 Å². The van der Waals surface area contributed by atoms with Crippen LogP contribution in [-0.2, 0) is 0 Å². The summed E-state index contributed by atoms with van der Waals surface area (Å²) in [4.78, 5) is 15.2. The van der Waals surface area contributed by atoms with Gasteiger partial charge in [0.1, 0.15) is 11.8 Å². The Morgan fingerprint density at radius 1 is 1.26 bits per heavy atom. The van der Waals surface area contributed by atoms with Crippen LogP contribution in [0.5, 0.6) is 0 Å². The lowest BCUT2D eigenvalue weighted by Gasteiger charge is -1.99. The van der Waals surface area contributed by atoms with Crippen molar-refractivity contribution in [3.8, 4) is 0 Å². The molecule has 0 radical (unpaired) electrons. The van der Waals surface area contributed by atoms with E-state index in [1.807, 2.05) is 24.3 Å². The summed E-state index contributed by atoms with van der Waals surface area (Å²) < 4.78 is 1.01. The van der Waals surface area contributed by atoms with Crippen molar-refractivity contribution in [1.82, 2.24) is 19.9 Å². The SMILES string of the molecule is Brc1cccc(/C=N\Nc2ncnc3nc[nH]c23)c1. The van der Waals surface area contributed by atoms with Gasteiger partial charge in [0.05, 0.1) is 12.5 Å². The van der Waals surface area contributed by atoms with Crippen molar-refractivity contribution < 1.29 is 0 Å². The fourth-order valence-electron chi connectivity index (χ4n) is 1.60. The quantitative estimate of drug-likeness (QED) is 0.575. The zero-order valence-corrected chi connectivity index (χ0v) is 11.3. The maximum atomic E-state index is 4.15. The second kappa shape index (κ2) is 5.15. The Hall–Kier alpha value is -2.28. The molecular formula is C12H9BrN6. The van der Waals surface area contributed by atoms with Crippen molar-refractivity contribution in [2.75, 3.05) is 5.43 Å². The van der Waals surface area contributed by atoms with Crippen molar-refractivity contribution in [3.63, 3.8) is 0 Å². The molecule has 7 heteroatoms. The number of H-pyrrole nitrogens is 1. The summed E-state index contributed by atoms with van der Waals surface area (Å²) >= 11 is 3.41. The van der Waals surface area contributed by atoms with Crippen LogP contribution in [-0.4, -0.2) is 26.2 Å². The minimum absolute atomic E-state index is 0.591. The molecule has 0 saturated carbocycles. The highest BCUT2D eigenvalue weighted by atomic mass is 79.9. The summed E-state index contributed by atoms with van der Waals surface area (Å²) in [5.41, 5.74) is 5.19. The van der Waals surface area contributed by atoms with Crippen molar-refractivity contribution >= 4 is 39.1 Å². The van der Waals surface area contributed by atoms with Gasteiger partial charge in [-0.2, -0.15) is 5.10 Å². The average Bonchev–Trinajstić information content (AvgIpc) is 2.88.